The van der Waals surface area contributed by atoms with Gasteiger partial charge in [0, 0.05) is 0 Å². The highest BCUT2D eigenvalue weighted by atomic mass is 16.5. The van der Waals surface area contributed by atoms with Crippen LogP contribution < -0.4 is 4.74 Å². The summed E-state index contributed by atoms with van der Waals surface area (Å²) in [6.45, 7) is 6.19. The lowest BCUT2D eigenvalue weighted by molar-refractivity contribution is -0.148. The third-order valence-corrected chi connectivity index (χ3v) is 3.88. The molecule has 0 radical (unpaired) electrons. The van der Waals surface area contributed by atoms with Crippen LogP contribution in [-0.2, 0) is 9.53 Å². The lowest BCUT2D eigenvalue weighted by atomic mass is 9.77. The predicted octanol–water partition coefficient (Wildman–Crippen LogP) is 3.48. The van der Waals surface area contributed by atoms with Crippen LogP contribution in [0.5, 0.6) is 5.75 Å². The fourth-order valence-corrected chi connectivity index (χ4v) is 2.77. The Morgan fingerprint density at radius 3 is 2.21 bits per heavy atom. The number of ether oxygens (including phenoxy) is 2. The van der Waals surface area contributed by atoms with Crippen LogP contribution in [0.1, 0.15) is 42.4 Å². The number of rotatable bonds is 4. The van der Waals surface area contributed by atoms with Gasteiger partial charge in [0.1, 0.15) is 11.4 Å². The Hall–Kier alpha value is -1.51. The minimum Gasteiger partial charge on any atom is -0.486 e. The van der Waals surface area contributed by atoms with Gasteiger partial charge in [0.2, 0.25) is 0 Å². The van der Waals surface area contributed by atoms with Crippen molar-refractivity contribution in [3.63, 3.8) is 0 Å². The first kappa shape index (κ1) is 13.9. The number of carbonyl (C=O) groups excluding carboxylic acids is 1. The van der Waals surface area contributed by atoms with E-state index in [4.69, 9.17) is 9.47 Å². The van der Waals surface area contributed by atoms with Crippen molar-refractivity contribution < 1.29 is 14.3 Å². The number of carbonyl (C=O) groups is 1. The van der Waals surface area contributed by atoms with Crippen molar-refractivity contribution >= 4 is 5.97 Å². The molecule has 0 aromatic heterocycles. The fourth-order valence-electron chi connectivity index (χ4n) is 2.77. The van der Waals surface area contributed by atoms with Gasteiger partial charge in [-0.15, -0.1) is 0 Å². The molecule has 0 N–H and O–H groups in total. The van der Waals surface area contributed by atoms with Crippen LogP contribution >= 0.6 is 0 Å². The molecule has 1 saturated carbocycles. The van der Waals surface area contributed by atoms with Crippen LogP contribution in [0.2, 0.25) is 0 Å². The largest absolute Gasteiger partial charge is 0.486 e. The van der Waals surface area contributed by atoms with Gasteiger partial charge in [-0.1, -0.05) is 17.7 Å². The summed E-state index contributed by atoms with van der Waals surface area (Å²) in [5.41, 5.74) is 3.15. The van der Waals surface area contributed by atoms with Gasteiger partial charge in [0.05, 0.1) is 13.5 Å². The summed E-state index contributed by atoms with van der Waals surface area (Å²) < 4.78 is 11.0. The normalized spacial score (nSPS) is 16.6. The van der Waals surface area contributed by atoms with Crippen molar-refractivity contribution in [1.82, 2.24) is 0 Å². The molecule has 0 heterocycles. The number of benzene rings is 1. The summed E-state index contributed by atoms with van der Waals surface area (Å²) in [7, 11) is 1.43. The molecule has 0 bridgehead atoms. The van der Waals surface area contributed by atoms with Crippen LogP contribution in [0, 0.1) is 20.8 Å². The maximum Gasteiger partial charge on any atom is 0.309 e. The molecule has 104 valence electrons. The summed E-state index contributed by atoms with van der Waals surface area (Å²) in [5.74, 6) is 0.733. The van der Waals surface area contributed by atoms with Crippen molar-refractivity contribution in [2.45, 2.75) is 52.1 Å². The summed E-state index contributed by atoms with van der Waals surface area (Å²) >= 11 is 0. The first-order chi connectivity index (χ1) is 8.96. The highest BCUT2D eigenvalue weighted by Gasteiger charge is 2.42. The van der Waals surface area contributed by atoms with Gasteiger partial charge < -0.3 is 9.47 Å². The van der Waals surface area contributed by atoms with E-state index in [9.17, 15) is 4.79 Å². The lowest BCUT2D eigenvalue weighted by Gasteiger charge is -2.41. The number of hydrogen-bond donors (Lipinski definition) is 0. The van der Waals surface area contributed by atoms with Crippen molar-refractivity contribution in [3.8, 4) is 5.75 Å². The van der Waals surface area contributed by atoms with E-state index in [1.807, 2.05) is 0 Å². The van der Waals surface area contributed by atoms with E-state index < -0.39 is 0 Å². The number of methoxy groups -OCH3 is 1. The second-order valence-corrected chi connectivity index (χ2v) is 5.62. The molecular weight excluding hydrogens is 240 g/mol. The second kappa shape index (κ2) is 5.24. The predicted molar refractivity (Wildman–Crippen MR) is 74.5 cm³/mol. The van der Waals surface area contributed by atoms with Crippen molar-refractivity contribution in [2.24, 2.45) is 0 Å². The van der Waals surface area contributed by atoms with E-state index in [1.165, 1.54) is 12.7 Å². The zero-order valence-corrected chi connectivity index (χ0v) is 12.2. The summed E-state index contributed by atoms with van der Waals surface area (Å²) in [5, 5.41) is 0. The standard InChI is InChI=1S/C16H22O3/c1-11-8-12(2)15(13(3)9-11)19-16(6-5-7-16)10-14(17)18-4/h8-9H,5-7,10H2,1-4H3. The van der Waals surface area contributed by atoms with E-state index in [-0.39, 0.29) is 11.6 Å². The molecule has 0 amide bonds. The summed E-state index contributed by atoms with van der Waals surface area (Å²) in [6.07, 6.45) is 3.31. The summed E-state index contributed by atoms with van der Waals surface area (Å²) in [4.78, 5) is 11.5. The van der Waals surface area contributed by atoms with E-state index in [0.29, 0.717) is 6.42 Å². The zero-order chi connectivity index (χ0) is 14.0. The average molecular weight is 262 g/mol. The second-order valence-electron chi connectivity index (χ2n) is 5.62. The Balaban J connectivity index is 2.21. The smallest absolute Gasteiger partial charge is 0.309 e. The SMILES string of the molecule is COC(=O)CC1(Oc2c(C)cc(C)cc2C)CCC1. The van der Waals surface area contributed by atoms with Gasteiger partial charge in [0.25, 0.3) is 0 Å². The van der Waals surface area contributed by atoms with E-state index in [0.717, 1.165) is 36.1 Å². The molecule has 1 aromatic carbocycles. The highest BCUT2D eigenvalue weighted by molar-refractivity contribution is 5.70. The molecule has 0 spiro atoms. The molecule has 1 aromatic rings. The fraction of sp³-hybridized carbons (Fsp3) is 0.562. The quantitative estimate of drug-likeness (QED) is 0.779. The Bertz CT molecular complexity index is 464. The maximum absolute atomic E-state index is 11.5. The topological polar surface area (TPSA) is 35.5 Å². The van der Waals surface area contributed by atoms with Gasteiger partial charge in [-0.05, 0) is 51.2 Å². The molecule has 0 atom stereocenters. The van der Waals surface area contributed by atoms with Gasteiger partial charge in [0.15, 0.2) is 0 Å². The Labute approximate surface area is 114 Å². The van der Waals surface area contributed by atoms with Crippen LogP contribution in [0.3, 0.4) is 0 Å². The molecule has 19 heavy (non-hydrogen) atoms. The minimum absolute atomic E-state index is 0.192. The van der Waals surface area contributed by atoms with Crippen molar-refractivity contribution in [1.29, 1.82) is 0 Å². The number of aryl methyl sites for hydroxylation is 3. The van der Waals surface area contributed by atoms with Gasteiger partial charge >= 0.3 is 5.97 Å². The first-order valence-corrected chi connectivity index (χ1v) is 6.79. The van der Waals surface area contributed by atoms with Gasteiger partial charge in [-0.2, -0.15) is 0 Å². The third kappa shape index (κ3) is 2.91. The van der Waals surface area contributed by atoms with Crippen LogP contribution in [0.25, 0.3) is 0 Å². The van der Waals surface area contributed by atoms with Crippen LogP contribution in [-0.4, -0.2) is 18.7 Å². The summed E-state index contributed by atoms with van der Waals surface area (Å²) in [6, 6.07) is 4.24. The molecule has 1 aliphatic carbocycles. The molecule has 0 aliphatic heterocycles. The molecule has 0 saturated heterocycles. The minimum atomic E-state index is -0.349. The molecule has 3 nitrogen and oxygen atoms in total. The third-order valence-electron chi connectivity index (χ3n) is 3.88. The Morgan fingerprint density at radius 2 is 1.79 bits per heavy atom. The van der Waals surface area contributed by atoms with Crippen molar-refractivity contribution in [2.75, 3.05) is 7.11 Å². The molecule has 0 unspecified atom stereocenters. The monoisotopic (exact) mass is 262 g/mol. The van der Waals surface area contributed by atoms with E-state index >= 15 is 0 Å². The molecule has 3 heteroatoms. The van der Waals surface area contributed by atoms with E-state index in [2.05, 4.69) is 32.9 Å². The zero-order valence-electron chi connectivity index (χ0n) is 12.2. The van der Waals surface area contributed by atoms with Crippen molar-refractivity contribution in [3.05, 3.63) is 28.8 Å². The van der Waals surface area contributed by atoms with Gasteiger partial charge in [-0.3, -0.25) is 4.79 Å². The lowest BCUT2D eigenvalue weighted by Crippen LogP contribution is -2.45. The molecule has 1 fully saturated rings. The average Bonchev–Trinajstić information content (AvgIpc) is 2.29. The first-order valence-electron chi connectivity index (χ1n) is 6.79. The maximum atomic E-state index is 11.5. The van der Waals surface area contributed by atoms with E-state index in [1.54, 1.807) is 0 Å². The Kier molecular flexibility index (Phi) is 3.83. The van der Waals surface area contributed by atoms with Crippen LogP contribution in [0.4, 0.5) is 0 Å². The molecular formula is C16H22O3. The highest BCUT2D eigenvalue weighted by Crippen LogP contribution is 2.41. The molecule has 2 rings (SSSR count). The van der Waals surface area contributed by atoms with Crippen LogP contribution in [0.15, 0.2) is 12.1 Å². The van der Waals surface area contributed by atoms with Gasteiger partial charge in [-0.25, -0.2) is 0 Å². The Morgan fingerprint density at radius 1 is 1.21 bits per heavy atom. The molecule has 1 aliphatic rings. The number of hydrogen-bond acceptors (Lipinski definition) is 3. The number of esters is 1.